The van der Waals surface area contributed by atoms with Gasteiger partial charge in [0.2, 0.25) is 10.0 Å². The van der Waals surface area contributed by atoms with Gasteiger partial charge >= 0.3 is 0 Å². The topological polar surface area (TPSA) is 64.0 Å². The standard InChI is InChI=1S/C16H13F2N3O2S/c17-12-6-7-15(18)16(10-12)24(22,23)19-11-13-8-9-21(20-13)14-4-2-1-3-5-14/h1-10,19H,11H2. The summed E-state index contributed by atoms with van der Waals surface area (Å²) >= 11 is 0. The number of hydrogen-bond acceptors (Lipinski definition) is 3. The van der Waals surface area contributed by atoms with E-state index >= 15 is 0 Å². The maximum atomic E-state index is 13.6. The van der Waals surface area contributed by atoms with Crippen LogP contribution in [-0.4, -0.2) is 18.2 Å². The zero-order valence-corrected chi connectivity index (χ0v) is 13.2. The van der Waals surface area contributed by atoms with Gasteiger partial charge in [-0.2, -0.15) is 5.10 Å². The highest BCUT2D eigenvalue weighted by molar-refractivity contribution is 7.89. The molecule has 0 atom stereocenters. The Hall–Kier alpha value is -2.58. The lowest BCUT2D eigenvalue weighted by atomic mass is 10.3. The van der Waals surface area contributed by atoms with E-state index in [1.54, 1.807) is 16.9 Å². The van der Waals surface area contributed by atoms with E-state index in [1.807, 2.05) is 30.3 Å². The van der Waals surface area contributed by atoms with E-state index < -0.39 is 26.6 Å². The summed E-state index contributed by atoms with van der Waals surface area (Å²) in [5, 5.41) is 4.24. The number of rotatable bonds is 5. The van der Waals surface area contributed by atoms with Crippen molar-refractivity contribution in [3.8, 4) is 5.69 Å². The van der Waals surface area contributed by atoms with Gasteiger partial charge in [-0.15, -0.1) is 0 Å². The lowest BCUT2D eigenvalue weighted by molar-refractivity contribution is 0.545. The number of halogens is 2. The van der Waals surface area contributed by atoms with Crippen molar-refractivity contribution >= 4 is 10.0 Å². The number of nitrogens with one attached hydrogen (secondary N) is 1. The van der Waals surface area contributed by atoms with Gasteiger partial charge in [-0.05, 0) is 36.4 Å². The average molecular weight is 349 g/mol. The molecule has 124 valence electrons. The predicted molar refractivity (Wildman–Crippen MR) is 83.9 cm³/mol. The molecule has 0 aliphatic rings. The lowest BCUT2D eigenvalue weighted by Crippen LogP contribution is -2.24. The summed E-state index contributed by atoms with van der Waals surface area (Å²) in [4.78, 5) is -0.731. The molecule has 0 unspecified atom stereocenters. The van der Waals surface area contributed by atoms with Crippen molar-refractivity contribution < 1.29 is 17.2 Å². The summed E-state index contributed by atoms with van der Waals surface area (Å²) in [6.07, 6.45) is 1.68. The van der Waals surface area contributed by atoms with Crippen molar-refractivity contribution in [2.75, 3.05) is 0 Å². The van der Waals surface area contributed by atoms with Crippen molar-refractivity contribution in [1.29, 1.82) is 0 Å². The molecule has 0 radical (unpaired) electrons. The van der Waals surface area contributed by atoms with Crippen LogP contribution in [0.2, 0.25) is 0 Å². The second-order valence-electron chi connectivity index (χ2n) is 4.99. The third-order valence-electron chi connectivity index (χ3n) is 3.29. The summed E-state index contributed by atoms with van der Waals surface area (Å²) < 4.78 is 54.8. The first-order valence-corrected chi connectivity index (χ1v) is 8.49. The fourth-order valence-electron chi connectivity index (χ4n) is 2.11. The number of sulfonamides is 1. The van der Waals surface area contributed by atoms with Crippen molar-refractivity contribution in [2.45, 2.75) is 11.4 Å². The summed E-state index contributed by atoms with van der Waals surface area (Å²) in [5.41, 5.74) is 1.27. The van der Waals surface area contributed by atoms with Crippen LogP contribution in [0.4, 0.5) is 8.78 Å². The molecule has 0 saturated carbocycles. The van der Waals surface area contributed by atoms with Crippen molar-refractivity contribution in [2.24, 2.45) is 0 Å². The minimum absolute atomic E-state index is 0.141. The maximum absolute atomic E-state index is 13.6. The normalized spacial score (nSPS) is 11.6. The molecular weight excluding hydrogens is 336 g/mol. The molecule has 2 aromatic carbocycles. The molecule has 3 rings (SSSR count). The van der Waals surface area contributed by atoms with E-state index in [-0.39, 0.29) is 6.54 Å². The van der Waals surface area contributed by atoms with Crippen LogP contribution in [-0.2, 0) is 16.6 Å². The molecule has 1 N–H and O–H groups in total. The fourth-order valence-corrected chi connectivity index (χ4v) is 3.20. The number of benzene rings is 2. The Morgan fingerprint density at radius 3 is 2.54 bits per heavy atom. The van der Waals surface area contributed by atoms with Gasteiger partial charge in [0.1, 0.15) is 16.5 Å². The molecule has 0 aliphatic heterocycles. The Morgan fingerprint density at radius 1 is 1.04 bits per heavy atom. The van der Waals surface area contributed by atoms with Crippen molar-refractivity contribution in [3.63, 3.8) is 0 Å². The Labute approximate surface area is 137 Å². The smallest absolute Gasteiger partial charge is 0.241 e. The highest BCUT2D eigenvalue weighted by Crippen LogP contribution is 2.16. The summed E-state index contributed by atoms with van der Waals surface area (Å²) in [6, 6.07) is 13.2. The van der Waals surface area contributed by atoms with Crippen LogP contribution in [0.15, 0.2) is 65.7 Å². The van der Waals surface area contributed by atoms with E-state index in [0.717, 1.165) is 17.8 Å². The van der Waals surface area contributed by atoms with E-state index in [9.17, 15) is 17.2 Å². The van der Waals surface area contributed by atoms with Crippen LogP contribution in [0.1, 0.15) is 5.69 Å². The van der Waals surface area contributed by atoms with Crippen LogP contribution in [0.25, 0.3) is 5.69 Å². The van der Waals surface area contributed by atoms with Crippen molar-refractivity contribution in [3.05, 3.63) is 78.1 Å². The van der Waals surface area contributed by atoms with E-state index in [4.69, 9.17) is 0 Å². The number of hydrogen-bond donors (Lipinski definition) is 1. The molecule has 1 aromatic heterocycles. The third-order valence-corrected chi connectivity index (χ3v) is 4.71. The zero-order chi connectivity index (χ0) is 17.2. The monoisotopic (exact) mass is 349 g/mol. The zero-order valence-electron chi connectivity index (χ0n) is 12.4. The molecule has 0 saturated heterocycles. The number of para-hydroxylation sites is 1. The van der Waals surface area contributed by atoms with Crippen LogP contribution in [0.5, 0.6) is 0 Å². The minimum atomic E-state index is -4.18. The van der Waals surface area contributed by atoms with Gasteiger partial charge < -0.3 is 0 Å². The molecule has 0 bridgehead atoms. The van der Waals surface area contributed by atoms with Gasteiger partial charge in [-0.25, -0.2) is 26.6 Å². The first-order chi connectivity index (χ1) is 11.5. The number of aromatic nitrogens is 2. The van der Waals surface area contributed by atoms with Crippen LogP contribution in [0.3, 0.4) is 0 Å². The van der Waals surface area contributed by atoms with Gasteiger partial charge in [0.05, 0.1) is 17.9 Å². The molecule has 24 heavy (non-hydrogen) atoms. The maximum Gasteiger partial charge on any atom is 0.243 e. The average Bonchev–Trinajstić information content (AvgIpc) is 3.05. The molecule has 0 fully saturated rings. The predicted octanol–water partition coefficient (Wildman–Crippen LogP) is 2.63. The van der Waals surface area contributed by atoms with Gasteiger partial charge in [0.15, 0.2) is 0 Å². The summed E-state index contributed by atoms with van der Waals surface area (Å²) in [5.74, 6) is -1.84. The molecule has 0 aliphatic carbocycles. The van der Waals surface area contributed by atoms with Crippen LogP contribution >= 0.6 is 0 Å². The highest BCUT2D eigenvalue weighted by Gasteiger charge is 2.20. The van der Waals surface area contributed by atoms with Crippen LogP contribution < -0.4 is 4.72 Å². The lowest BCUT2D eigenvalue weighted by Gasteiger charge is -2.06. The second-order valence-corrected chi connectivity index (χ2v) is 6.72. The van der Waals surface area contributed by atoms with Crippen LogP contribution in [0, 0.1) is 11.6 Å². The quantitative estimate of drug-likeness (QED) is 0.770. The summed E-state index contributed by atoms with van der Waals surface area (Å²) in [7, 11) is -4.18. The third kappa shape index (κ3) is 3.50. The van der Waals surface area contributed by atoms with Gasteiger partial charge in [-0.3, -0.25) is 0 Å². The SMILES string of the molecule is O=S(=O)(NCc1ccn(-c2ccccc2)n1)c1cc(F)ccc1F. The second kappa shape index (κ2) is 6.50. The van der Waals surface area contributed by atoms with Gasteiger partial charge in [0.25, 0.3) is 0 Å². The Kier molecular flexibility index (Phi) is 4.41. The molecular formula is C16H13F2N3O2S. The summed E-state index contributed by atoms with van der Waals surface area (Å²) in [6.45, 7) is -0.141. The molecule has 3 aromatic rings. The van der Waals surface area contributed by atoms with Crippen molar-refractivity contribution in [1.82, 2.24) is 14.5 Å². The molecule has 5 nitrogen and oxygen atoms in total. The minimum Gasteiger partial charge on any atom is -0.241 e. The van der Waals surface area contributed by atoms with Gasteiger partial charge in [0, 0.05) is 6.20 Å². The first-order valence-electron chi connectivity index (χ1n) is 7.00. The molecule has 1 heterocycles. The Morgan fingerprint density at radius 2 is 1.79 bits per heavy atom. The Balaban J connectivity index is 1.76. The van der Waals surface area contributed by atoms with Gasteiger partial charge in [-0.1, -0.05) is 18.2 Å². The Bertz CT molecular complexity index is 956. The molecule has 0 amide bonds. The molecule has 0 spiro atoms. The fraction of sp³-hybridized carbons (Fsp3) is 0.0625. The highest BCUT2D eigenvalue weighted by atomic mass is 32.2. The number of nitrogens with zero attached hydrogens (tertiary/aromatic N) is 2. The van der Waals surface area contributed by atoms with E-state index in [2.05, 4.69) is 9.82 Å². The largest absolute Gasteiger partial charge is 0.243 e. The van der Waals surface area contributed by atoms with E-state index in [0.29, 0.717) is 11.8 Å². The molecule has 8 heteroatoms. The first kappa shape index (κ1) is 16.3. The van der Waals surface area contributed by atoms with E-state index in [1.165, 1.54) is 0 Å².